The van der Waals surface area contributed by atoms with Gasteiger partial charge in [-0.05, 0) is 43.2 Å². The maximum absolute atomic E-state index is 10.8. The maximum Gasteiger partial charge on any atom is 0.254 e. The van der Waals surface area contributed by atoms with E-state index in [1.807, 2.05) is 31.2 Å². The molecule has 2 heterocycles. The molecule has 2 aromatic heterocycles. The van der Waals surface area contributed by atoms with Crippen LogP contribution in [0, 0.1) is 6.92 Å². The van der Waals surface area contributed by atoms with E-state index in [2.05, 4.69) is 44.6 Å². The van der Waals surface area contributed by atoms with Gasteiger partial charge in [-0.15, -0.1) is 0 Å². The van der Waals surface area contributed by atoms with Gasteiger partial charge in [-0.25, -0.2) is 4.98 Å². The van der Waals surface area contributed by atoms with E-state index in [0.29, 0.717) is 5.78 Å². The molecule has 0 aliphatic heterocycles. The molecule has 26 heavy (non-hydrogen) atoms. The van der Waals surface area contributed by atoms with E-state index in [1.54, 1.807) is 18.4 Å². The van der Waals surface area contributed by atoms with E-state index in [-0.39, 0.29) is 6.04 Å². The first-order chi connectivity index (χ1) is 12.4. The number of rotatable bonds is 4. The molecule has 6 heteroatoms. The minimum absolute atomic E-state index is 0.332. The minimum Gasteiger partial charge on any atom is -0.388 e. The van der Waals surface area contributed by atoms with Crippen molar-refractivity contribution in [3.8, 4) is 0 Å². The number of aryl methyl sites for hydroxylation is 1. The number of aliphatic hydroxyl groups is 1. The van der Waals surface area contributed by atoms with Crippen LogP contribution in [0.1, 0.15) is 31.1 Å². The van der Waals surface area contributed by atoms with Gasteiger partial charge < -0.3 is 10.4 Å². The van der Waals surface area contributed by atoms with Crippen LogP contribution in [0.3, 0.4) is 0 Å². The first-order valence-corrected chi connectivity index (χ1v) is 8.57. The molecule has 1 atom stereocenters. The highest BCUT2D eigenvalue weighted by Gasteiger charge is 2.29. The van der Waals surface area contributed by atoms with Crippen molar-refractivity contribution in [1.29, 1.82) is 0 Å². The molecular formula is C20H21N5O. The largest absolute Gasteiger partial charge is 0.388 e. The average molecular weight is 347 g/mol. The molecule has 0 amide bonds. The number of nitrogens with zero attached hydrogens (tertiary/aromatic N) is 4. The van der Waals surface area contributed by atoms with E-state index in [4.69, 9.17) is 0 Å². The summed E-state index contributed by atoms with van der Waals surface area (Å²) in [6.07, 6.45) is 1.47. The van der Waals surface area contributed by atoms with Gasteiger partial charge in [0, 0.05) is 11.8 Å². The van der Waals surface area contributed by atoms with E-state index in [9.17, 15) is 5.11 Å². The van der Waals surface area contributed by atoms with Gasteiger partial charge >= 0.3 is 0 Å². The van der Waals surface area contributed by atoms with Crippen molar-refractivity contribution >= 4 is 22.4 Å². The third-order valence-electron chi connectivity index (χ3n) is 4.49. The van der Waals surface area contributed by atoms with Crippen LogP contribution < -0.4 is 5.32 Å². The molecule has 1 unspecified atom stereocenters. The van der Waals surface area contributed by atoms with Crippen molar-refractivity contribution < 1.29 is 5.11 Å². The van der Waals surface area contributed by atoms with Crippen molar-refractivity contribution in [2.24, 2.45) is 0 Å². The Bertz CT molecular complexity index is 1080. The molecule has 0 fully saturated rings. The number of benzene rings is 2. The van der Waals surface area contributed by atoms with Crippen LogP contribution in [0.15, 0.2) is 54.9 Å². The highest BCUT2D eigenvalue weighted by Crippen LogP contribution is 2.31. The molecule has 6 nitrogen and oxygen atoms in total. The molecule has 2 aromatic carbocycles. The molecule has 0 saturated heterocycles. The first kappa shape index (κ1) is 16.5. The Morgan fingerprint density at radius 2 is 1.85 bits per heavy atom. The summed E-state index contributed by atoms with van der Waals surface area (Å²) in [4.78, 5) is 8.53. The Morgan fingerprint density at radius 3 is 2.62 bits per heavy atom. The standard InChI is InChI=1S/C20H21N5O/c1-13-10-17(25-19(23-13)21-12-22-25)24-18(20(2,3)26)16-9-8-14-6-4-5-7-15(14)11-16/h4-12,18,24,26H,1-3H3. The third-order valence-corrected chi connectivity index (χ3v) is 4.49. The van der Waals surface area contributed by atoms with Crippen molar-refractivity contribution in [2.75, 3.05) is 5.32 Å². The highest BCUT2D eigenvalue weighted by molar-refractivity contribution is 5.83. The number of hydrogen-bond acceptors (Lipinski definition) is 5. The van der Waals surface area contributed by atoms with E-state index >= 15 is 0 Å². The van der Waals surface area contributed by atoms with Crippen LogP contribution in [0.25, 0.3) is 16.6 Å². The normalized spacial score (nSPS) is 13.2. The lowest BCUT2D eigenvalue weighted by atomic mass is 9.90. The van der Waals surface area contributed by atoms with Crippen LogP contribution in [-0.2, 0) is 0 Å². The van der Waals surface area contributed by atoms with Gasteiger partial charge in [0.25, 0.3) is 5.78 Å². The minimum atomic E-state index is -0.994. The second-order valence-electron chi connectivity index (χ2n) is 7.09. The van der Waals surface area contributed by atoms with Crippen LogP contribution in [0.5, 0.6) is 0 Å². The molecule has 0 spiro atoms. The highest BCUT2D eigenvalue weighted by atomic mass is 16.3. The van der Waals surface area contributed by atoms with Crippen LogP contribution in [-0.4, -0.2) is 30.3 Å². The van der Waals surface area contributed by atoms with Crippen molar-refractivity contribution in [3.63, 3.8) is 0 Å². The molecule has 0 radical (unpaired) electrons. The third kappa shape index (κ3) is 2.99. The Kier molecular flexibility index (Phi) is 3.85. The zero-order valence-corrected chi connectivity index (χ0v) is 15.0. The zero-order chi connectivity index (χ0) is 18.3. The number of anilines is 1. The zero-order valence-electron chi connectivity index (χ0n) is 15.0. The number of aromatic nitrogens is 4. The number of hydrogen-bond donors (Lipinski definition) is 2. The smallest absolute Gasteiger partial charge is 0.254 e. The quantitative estimate of drug-likeness (QED) is 0.591. The fourth-order valence-corrected chi connectivity index (χ4v) is 3.24. The van der Waals surface area contributed by atoms with Crippen LogP contribution >= 0.6 is 0 Å². The van der Waals surface area contributed by atoms with Gasteiger partial charge in [0.1, 0.15) is 12.1 Å². The Hall–Kier alpha value is -2.99. The summed E-state index contributed by atoms with van der Waals surface area (Å²) in [5.74, 6) is 1.27. The summed E-state index contributed by atoms with van der Waals surface area (Å²) in [5, 5.41) is 20.8. The summed E-state index contributed by atoms with van der Waals surface area (Å²) < 4.78 is 1.65. The van der Waals surface area contributed by atoms with Crippen molar-refractivity contribution in [2.45, 2.75) is 32.4 Å². The molecule has 0 saturated carbocycles. The molecule has 0 bridgehead atoms. The average Bonchev–Trinajstić information content (AvgIpc) is 3.06. The lowest BCUT2D eigenvalue weighted by Gasteiger charge is -2.31. The summed E-state index contributed by atoms with van der Waals surface area (Å²) in [6.45, 7) is 5.51. The molecule has 0 aliphatic carbocycles. The van der Waals surface area contributed by atoms with Gasteiger partial charge in [0.15, 0.2) is 0 Å². The van der Waals surface area contributed by atoms with Gasteiger partial charge in [0.05, 0.1) is 11.6 Å². The van der Waals surface area contributed by atoms with E-state index in [0.717, 1.165) is 22.5 Å². The monoisotopic (exact) mass is 347 g/mol. The predicted octanol–water partition coefficient (Wildman–Crippen LogP) is 3.51. The van der Waals surface area contributed by atoms with Gasteiger partial charge in [0.2, 0.25) is 0 Å². The van der Waals surface area contributed by atoms with Gasteiger partial charge in [-0.3, -0.25) is 0 Å². The molecule has 4 aromatic rings. The topological polar surface area (TPSA) is 75.3 Å². The predicted molar refractivity (Wildman–Crippen MR) is 102 cm³/mol. The number of nitrogens with one attached hydrogen (secondary N) is 1. The first-order valence-electron chi connectivity index (χ1n) is 8.57. The Labute approximate surface area is 151 Å². The summed E-state index contributed by atoms with van der Waals surface area (Å²) >= 11 is 0. The van der Waals surface area contributed by atoms with Gasteiger partial charge in [-0.1, -0.05) is 36.4 Å². The molecule has 0 aliphatic rings. The maximum atomic E-state index is 10.8. The molecular weight excluding hydrogens is 326 g/mol. The van der Waals surface area contributed by atoms with Crippen LogP contribution in [0.4, 0.5) is 5.82 Å². The lowest BCUT2D eigenvalue weighted by Crippen LogP contribution is -2.35. The summed E-state index contributed by atoms with van der Waals surface area (Å²) in [6, 6.07) is 16.0. The van der Waals surface area contributed by atoms with Crippen LogP contribution in [0.2, 0.25) is 0 Å². The second kappa shape index (κ2) is 6.07. The molecule has 132 valence electrons. The lowest BCUT2D eigenvalue weighted by molar-refractivity contribution is 0.0587. The van der Waals surface area contributed by atoms with E-state index in [1.165, 1.54) is 11.7 Å². The van der Waals surface area contributed by atoms with Gasteiger partial charge in [-0.2, -0.15) is 14.6 Å². The second-order valence-corrected chi connectivity index (χ2v) is 7.09. The summed E-state index contributed by atoms with van der Waals surface area (Å²) in [7, 11) is 0. The Balaban J connectivity index is 1.81. The molecule has 4 rings (SSSR count). The fraction of sp³-hybridized carbons (Fsp3) is 0.250. The van der Waals surface area contributed by atoms with Crippen molar-refractivity contribution in [3.05, 3.63) is 66.1 Å². The van der Waals surface area contributed by atoms with E-state index < -0.39 is 5.60 Å². The summed E-state index contributed by atoms with van der Waals surface area (Å²) in [5.41, 5.74) is 0.840. The Morgan fingerprint density at radius 1 is 1.08 bits per heavy atom. The fourth-order valence-electron chi connectivity index (χ4n) is 3.24. The van der Waals surface area contributed by atoms with Crippen molar-refractivity contribution in [1.82, 2.24) is 19.6 Å². The SMILES string of the molecule is Cc1cc(NC(c2ccc3ccccc3c2)C(C)(C)O)n2ncnc2n1. The number of fused-ring (bicyclic) bond motifs is 2. The molecule has 2 N–H and O–H groups in total.